The Hall–Kier alpha value is -5.03. The average molecular weight is 657 g/mol. The van der Waals surface area contributed by atoms with Gasteiger partial charge in [0, 0.05) is 19.4 Å². The summed E-state index contributed by atoms with van der Waals surface area (Å²) in [5.74, 6) is -8.28. The maximum absolute atomic E-state index is 13.4. The van der Waals surface area contributed by atoms with Crippen LogP contribution in [0.1, 0.15) is 59.8 Å². The number of carboxylic acid groups (broad SMARTS) is 1. The zero-order chi connectivity index (χ0) is 35.6. The molecule has 0 aromatic carbocycles. The van der Waals surface area contributed by atoms with E-state index in [2.05, 4.69) is 36.1 Å². The van der Waals surface area contributed by atoms with E-state index in [0.29, 0.717) is 0 Å². The number of nitrogens with one attached hydrogen (secondary N) is 5. The molecule has 0 aromatic rings. The minimum atomic E-state index is -1.51. The summed E-state index contributed by atoms with van der Waals surface area (Å²) in [4.78, 5) is 110. The molecule has 46 heavy (non-hydrogen) atoms. The second-order valence-electron chi connectivity index (χ2n) is 10.5. The van der Waals surface area contributed by atoms with Crippen LogP contribution in [0.5, 0.6) is 0 Å². The Kier molecular flexibility index (Phi) is 18.6. The first kappa shape index (κ1) is 41.0. The van der Waals surface area contributed by atoms with E-state index in [0.717, 1.165) is 27.2 Å². The highest BCUT2D eigenvalue weighted by atomic mass is 16.5. The molecule has 0 unspecified atom stereocenters. The van der Waals surface area contributed by atoms with Crippen molar-refractivity contribution in [1.29, 1.82) is 0 Å². The Balaban J connectivity index is 6.04. The number of allylic oxidation sites excluding steroid dienone is 1. The summed E-state index contributed by atoms with van der Waals surface area (Å²) >= 11 is 0. The van der Waals surface area contributed by atoms with E-state index in [4.69, 9.17) is 5.73 Å². The molecule has 0 rings (SSSR count). The summed E-state index contributed by atoms with van der Waals surface area (Å²) in [7, 11) is 2.30. The van der Waals surface area contributed by atoms with Gasteiger partial charge < -0.3 is 46.9 Å². The fourth-order valence-electron chi connectivity index (χ4n) is 3.80. The van der Waals surface area contributed by atoms with Crippen molar-refractivity contribution in [3.8, 4) is 0 Å². The number of carboxylic acids is 1. The van der Waals surface area contributed by atoms with E-state index in [1.165, 1.54) is 13.0 Å². The van der Waals surface area contributed by atoms with Crippen molar-refractivity contribution in [2.75, 3.05) is 14.2 Å². The molecule has 0 saturated carbocycles. The van der Waals surface area contributed by atoms with Crippen molar-refractivity contribution in [2.24, 2.45) is 11.7 Å². The minimum Gasteiger partial charge on any atom is -0.481 e. The fourth-order valence-corrected chi connectivity index (χ4v) is 3.80. The quantitative estimate of drug-likeness (QED) is 0.0530. The van der Waals surface area contributed by atoms with Crippen molar-refractivity contribution in [2.45, 2.75) is 90.0 Å². The number of aliphatic carboxylic acids is 1. The smallest absolute Gasteiger partial charge is 0.330 e. The molecule has 0 spiro atoms. The predicted molar refractivity (Wildman–Crippen MR) is 159 cm³/mol. The zero-order valence-corrected chi connectivity index (χ0v) is 26.7. The van der Waals surface area contributed by atoms with E-state index in [-0.39, 0.29) is 18.8 Å². The number of hydrogen-bond acceptors (Lipinski definition) is 11. The normalized spacial score (nSPS) is 14.1. The third-order valence-corrected chi connectivity index (χ3v) is 6.26. The summed E-state index contributed by atoms with van der Waals surface area (Å²) in [5, 5.41) is 21.0. The highest BCUT2D eigenvalue weighted by Crippen LogP contribution is 2.07. The number of rotatable bonds is 20. The van der Waals surface area contributed by atoms with Gasteiger partial charge in [-0.25, -0.2) is 9.59 Å². The Labute approximate surface area is 265 Å². The van der Waals surface area contributed by atoms with E-state index in [1.54, 1.807) is 13.8 Å². The number of esters is 2. The van der Waals surface area contributed by atoms with Gasteiger partial charge in [0.2, 0.25) is 35.4 Å². The Morgan fingerprint density at radius 3 is 1.76 bits per heavy atom. The van der Waals surface area contributed by atoms with Gasteiger partial charge in [0.25, 0.3) is 0 Å². The van der Waals surface area contributed by atoms with Crippen LogP contribution in [0.2, 0.25) is 0 Å². The molecule has 0 aliphatic rings. The number of methoxy groups -OCH3 is 2. The highest BCUT2D eigenvalue weighted by Gasteiger charge is 2.32. The van der Waals surface area contributed by atoms with Crippen LogP contribution < -0.4 is 32.3 Å². The number of amides is 6. The van der Waals surface area contributed by atoms with Crippen LogP contribution in [-0.2, 0) is 52.6 Å². The van der Waals surface area contributed by atoms with Crippen LogP contribution in [-0.4, -0.2) is 103 Å². The van der Waals surface area contributed by atoms with Crippen LogP contribution >= 0.6 is 0 Å². The SMILES string of the molecule is COC(=O)/C=C/CC[C@H](NC(=O)[C@H](CC(N)=O)NC(C)=O)C(=O)N[C@@H](CCC(=O)O)C(=O)N[C@@H](C)C(=O)N[C@H](C(=O)OC)C(C)C. The Morgan fingerprint density at radius 1 is 0.739 bits per heavy atom. The third kappa shape index (κ3) is 16.2. The topological polar surface area (TPSA) is 278 Å². The van der Waals surface area contributed by atoms with Crippen LogP contribution in [0.3, 0.4) is 0 Å². The molecule has 0 aliphatic carbocycles. The van der Waals surface area contributed by atoms with E-state index >= 15 is 0 Å². The molecule has 258 valence electrons. The molecule has 6 amide bonds. The lowest BCUT2D eigenvalue weighted by molar-refractivity contribution is -0.146. The maximum Gasteiger partial charge on any atom is 0.330 e. The third-order valence-electron chi connectivity index (χ3n) is 6.26. The molecule has 0 radical (unpaired) electrons. The minimum absolute atomic E-state index is 0.0223. The van der Waals surface area contributed by atoms with Gasteiger partial charge in [-0.1, -0.05) is 19.9 Å². The number of carbonyl (C=O) groups is 9. The fraction of sp³-hybridized carbons (Fsp3) is 0.607. The van der Waals surface area contributed by atoms with Crippen LogP contribution in [0.15, 0.2) is 12.2 Å². The van der Waals surface area contributed by atoms with E-state index in [9.17, 15) is 48.3 Å². The number of primary amides is 1. The predicted octanol–water partition coefficient (Wildman–Crippen LogP) is -2.47. The number of nitrogens with two attached hydrogens (primary N) is 1. The van der Waals surface area contributed by atoms with Crippen molar-refractivity contribution >= 4 is 53.4 Å². The van der Waals surface area contributed by atoms with Gasteiger partial charge in [0.05, 0.1) is 20.6 Å². The molecule has 0 heterocycles. The molecule has 0 aliphatic heterocycles. The molecule has 0 aromatic heterocycles. The molecule has 18 nitrogen and oxygen atoms in total. The maximum atomic E-state index is 13.4. The van der Waals surface area contributed by atoms with Crippen molar-refractivity contribution < 1.29 is 57.7 Å². The van der Waals surface area contributed by atoms with Gasteiger partial charge in [-0.3, -0.25) is 33.6 Å². The summed E-state index contributed by atoms with van der Waals surface area (Å²) in [6.07, 6.45) is 0.693. The summed E-state index contributed by atoms with van der Waals surface area (Å²) < 4.78 is 9.18. The first-order valence-corrected chi connectivity index (χ1v) is 14.2. The summed E-state index contributed by atoms with van der Waals surface area (Å²) in [6, 6.07) is -6.64. The monoisotopic (exact) mass is 656 g/mol. The van der Waals surface area contributed by atoms with Crippen LogP contribution in [0.25, 0.3) is 0 Å². The molecular formula is C28H44N6O12. The lowest BCUT2D eigenvalue weighted by atomic mass is 10.0. The van der Waals surface area contributed by atoms with E-state index in [1.807, 2.05) is 0 Å². The molecular weight excluding hydrogens is 612 g/mol. The van der Waals surface area contributed by atoms with Gasteiger partial charge in [0.1, 0.15) is 30.2 Å². The van der Waals surface area contributed by atoms with Crippen LogP contribution in [0, 0.1) is 5.92 Å². The van der Waals surface area contributed by atoms with Gasteiger partial charge >= 0.3 is 17.9 Å². The summed E-state index contributed by atoms with van der Waals surface area (Å²) in [5.41, 5.74) is 5.17. The van der Waals surface area contributed by atoms with Crippen molar-refractivity contribution in [3.05, 3.63) is 12.2 Å². The number of carbonyl (C=O) groups excluding carboxylic acids is 8. The molecule has 8 N–H and O–H groups in total. The van der Waals surface area contributed by atoms with Gasteiger partial charge in [-0.2, -0.15) is 0 Å². The lowest BCUT2D eigenvalue weighted by Crippen LogP contribution is -2.58. The second-order valence-corrected chi connectivity index (χ2v) is 10.5. The molecule has 0 fully saturated rings. The highest BCUT2D eigenvalue weighted by molar-refractivity contribution is 5.97. The standard InChI is InChI=1S/C28H44N6O12/c1-14(2)23(28(44)46-6)34-24(40)15(3)30-25(41)18(11-12-21(37)38)33-26(42)17(9-7-8-10-22(39)45-5)32-27(43)19(13-20(29)36)31-16(4)35/h8,10,14-15,17-19,23H,7,9,11-13H2,1-6H3,(H2,29,36)(H,30,41)(H,31,35)(H,32,43)(H,33,42)(H,34,40)(H,37,38)/b10-8+/t15-,17-,18-,19-,23-/m0/s1. The lowest BCUT2D eigenvalue weighted by Gasteiger charge is -2.26. The molecule has 18 heteroatoms. The zero-order valence-electron chi connectivity index (χ0n) is 26.7. The molecule has 0 saturated heterocycles. The average Bonchev–Trinajstić information content (AvgIpc) is 2.97. The number of ether oxygens (including phenoxy) is 2. The van der Waals surface area contributed by atoms with Gasteiger partial charge in [-0.05, 0) is 32.1 Å². The second kappa shape index (κ2) is 20.8. The Bertz CT molecular complexity index is 1160. The van der Waals surface area contributed by atoms with Crippen molar-refractivity contribution in [3.63, 3.8) is 0 Å². The molecule has 5 atom stereocenters. The van der Waals surface area contributed by atoms with Gasteiger partial charge in [-0.15, -0.1) is 0 Å². The van der Waals surface area contributed by atoms with Crippen molar-refractivity contribution in [1.82, 2.24) is 26.6 Å². The molecule has 0 bridgehead atoms. The largest absolute Gasteiger partial charge is 0.481 e. The first-order valence-electron chi connectivity index (χ1n) is 14.2. The Morgan fingerprint density at radius 2 is 1.28 bits per heavy atom. The number of hydrogen-bond donors (Lipinski definition) is 7. The summed E-state index contributed by atoms with van der Waals surface area (Å²) in [6.45, 7) is 5.72. The first-order chi connectivity index (χ1) is 21.4. The van der Waals surface area contributed by atoms with E-state index < -0.39 is 103 Å². The van der Waals surface area contributed by atoms with Crippen LogP contribution in [0.4, 0.5) is 0 Å². The van der Waals surface area contributed by atoms with Gasteiger partial charge in [0.15, 0.2) is 0 Å².